The van der Waals surface area contributed by atoms with Crippen molar-refractivity contribution < 1.29 is 9.26 Å². The van der Waals surface area contributed by atoms with Crippen molar-refractivity contribution in [2.75, 3.05) is 13.2 Å². The van der Waals surface area contributed by atoms with E-state index in [4.69, 9.17) is 15.0 Å². The van der Waals surface area contributed by atoms with Gasteiger partial charge in [0, 0.05) is 19.4 Å². The molecule has 1 unspecified atom stereocenters. The van der Waals surface area contributed by atoms with Crippen molar-refractivity contribution in [1.29, 1.82) is 0 Å². The van der Waals surface area contributed by atoms with Crippen LogP contribution in [0.25, 0.3) is 0 Å². The number of ether oxygens (including phenoxy) is 1. The van der Waals surface area contributed by atoms with Crippen LogP contribution in [0.15, 0.2) is 4.52 Å². The van der Waals surface area contributed by atoms with Crippen LogP contribution in [0.5, 0.6) is 0 Å². The predicted octanol–water partition coefficient (Wildman–Crippen LogP) is 1.95. The summed E-state index contributed by atoms with van der Waals surface area (Å²) in [5.41, 5.74) is 5.80. The van der Waals surface area contributed by atoms with Crippen LogP contribution < -0.4 is 5.73 Å². The van der Waals surface area contributed by atoms with Crippen molar-refractivity contribution in [3.8, 4) is 0 Å². The lowest BCUT2D eigenvalue weighted by Crippen LogP contribution is -2.19. The molecule has 2 atom stereocenters. The molecule has 1 aromatic rings. The van der Waals surface area contributed by atoms with Gasteiger partial charge in [-0.05, 0) is 37.6 Å². The predicted molar refractivity (Wildman–Crippen MR) is 72.7 cm³/mol. The molecule has 1 aliphatic heterocycles. The number of nitrogens with zero attached hydrogens (tertiary/aromatic N) is 2. The highest BCUT2D eigenvalue weighted by Gasteiger charge is 2.20. The highest BCUT2D eigenvalue weighted by molar-refractivity contribution is 4.91. The Bertz CT molecular complexity index is 373. The second-order valence-electron chi connectivity index (χ2n) is 5.88. The Balaban J connectivity index is 1.85. The molecular formula is C14H25N3O2. The number of rotatable bonds is 7. The summed E-state index contributed by atoms with van der Waals surface area (Å²) in [6, 6.07) is 0. The summed E-state index contributed by atoms with van der Waals surface area (Å²) in [7, 11) is 0. The van der Waals surface area contributed by atoms with Gasteiger partial charge in [0.15, 0.2) is 5.82 Å². The smallest absolute Gasteiger partial charge is 0.226 e. The van der Waals surface area contributed by atoms with Gasteiger partial charge in [-0.25, -0.2) is 0 Å². The molecule has 0 aliphatic carbocycles. The van der Waals surface area contributed by atoms with Gasteiger partial charge in [-0.2, -0.15) is 4.98 Å². The van der Waals surface area contributed by atoms with Crippen LogP contribution >= 0.6 is 0 Å². The molecule has 0 amide bonds. The minimum absolute atomic E-state index is 0.270. The van der Waals surface area contributed by atoms with Gasteiger partial charge in [-0.3, -0.25) is 0 Å². The van der Waals surface area contributed by atoms with E-state index >= 15 is 0 Å². The van der Waals surface area contributed by atoms with E-state index in [9.17, 15) is 0 Å². The summed E-state index contributed by atoms with van der Waals surface area (Å²) in [5, 5.41) is 4.04. The summed E-state index contributed by atoms with van der Waals surface area (Å²) in [6.07, 6.45) is 5.15. The summed E-state index contributed by atoms with van der Waals surface area (Å²) in [6.45, 7) is 5.94. The summed E-state index contributed by atoms with van der Waals surface area (Å²) in [5.74, 6) is 2.55. The average Bonchev–Trinajstić information content (AvgIpc) is 3.00. The molecule has 2 N–H and O–H groups in total. The van der Waals surface area contributed by atoms with Gasteiger partial charge in [-0.1, -0.05) is 19.0 Å². The molecule has 1 fully saturated rings. The summed E-state index contributed by atoms with van der Waals surface area (Å²) in [4.78, 5) is 4.46. The molecule has 0 bridgehead atoms. The molecule has 108 valence electrons. The molecule has 0 saturated carbocycles. The van der Waals surface area contributed by atoms with Crippen LogP contribution in [0.2, 0.25) is 0 Å². The van der Waals surface area contributed by atoms with Gasteiger partial charge in [0.25, 0.3) is 0 Å². The summed E-state index contributed by atoms with van der Waals surface area (Å²) >= 11 is 0. The monoisotopic (exact) mass is 267 g/mol. The van der Waals surface area contributed by atoms with E-state index in [1.165, 1.54) is 0 Å². The Morgan fingerprint density at radius 2 is 2.26 bits per heavy atom. The van der Waals surface area contributed by atoms with E-state index in [1.807, 2.05) is 0 Å². The molecule has 0 aromatic carbocycles. The Kier molecular flexibility index (Phi) is 5.34. The minimum atomic E-state index is 0.270. The Morgan fingerprint density at radius 3 is 2.89 bits per heavy atom. The lowest BCUT2D eigenvalue weighted by atomic mass is 9.94. The second-order valence-corrected chi connectivity index (χ2v) is 5.88. The maximum Gasteiger partial charge on any atom is 0.226 e. The minimum Gasteiger partial charge on any atom is -0.378 e. The van der Waals surface area contributed by atoms with E-state index in [0.717, 1.165) is 44.5 Å². The van der Waals surface area contributed by atoms with Gasteiger partial charge in [0.05, 0.1) is 6.10 Å². The van der Waals surface area contributed by atoms with E-state index in [0.29, 0.717) is 24.3 Å². The Morgan fingerprint density at radius 1 is 1.42 bits per heavy atom. The lowest BCUT2D eigenvalue weighted by Gasteiger charge is -2.14. The standard InChI is InChI=1S/C14H25N3O2/c1-10(2)6-11(9-15)7-14-16-13(17-19-14)8-12-4-3-5-18-12/h10-12H,3-9,15H2,1-2H3/t11-,12?/m0/s1. The van der Waals surface area contributed by atoms with Crippen LogP contribution in [0.1, 0.15) is 44.8 Å². The van der Waals surface area contributed by atoms with Crippen molar-refractivity contribution in [3.63, 3.8) is 0 Å². The largest absolute Gasteiger partial charge is 0.378 e. The van der Waals surface area contributed by atoms with E-state index in [1.54, 1.807) is 0 Å². The fraction of sp³-hybridized carbons (Fsp3) is 0.857. The molecule has 2 heterocycles. The van der Waals surface area contributed by atoms with Crippen molar-refractivity contribution in [2.45, 2.75) is 52.1 Å². The topological polar surface area (TPSA) is 74.2 Å². The van der Waals surface area contributed by atoms with Gasteiger partial charge in [0.2, 0.25) is 5.89 Å². The molecule has 1 aliphatic rings. The van der Waals surface area contributed by atoms with Gasteiger partial charge >= 0.3 is 0 Å². The number of aromatic nitrogens is 2. The summed E-state index contributed by atoms with van der Waals surface area (Å²) < 4.78 is 10.9. The van der Waals surface area contributed by atoms with Crippen LogP contribution in [0.3, 0.4) is 0 Å². The first-order chi connectivity index (χ1) is 9.17. The third kappa shape index (κ3) is 4.58. The van der Waals surface area contributed by atoms with Crippen molar-refractivity contribution >= 4 is 0 Å². The quantitative estimate of drug-likeness (QED) is 0.817. The van der Waals surface area contributed by atoms with E-state index < -0.39 is 0 Å². The molecular weight excluding hydrogens is 242 g/mol. The highest BCUT2D eigenvalue weighted by Crippen LogP contribution is 2.18. The van der Waals surface area contributed by atoms with Gasteiger partial charge in [0.1, 0.15) is 0 Å². The molecule has 5 nitrogen and oxygen atoms in total. The maximum absolute atomic E-state index is 5.80. The SMILES string of the molecule is CC(C)C[C@H](CN)Cc1nc(CC2CCCO2)no1. The first-order valence-electron chi connectivity index (χ1n) is 7.30. The number of nitrogens with two attached hydrogens (primary N) is 1. The molecule has 0 radical (unpaired) electrons. The third-order valence-corrected chi connectivity index (χ3v) is 3.55. The Hall–Kier alpha value is -0.940. The zero-order chi connectivity index (χ0) is 13.7. The molecule has 0 spiro atoms. The zero-order valence-corrected chi connectivity index (χ0v) is 12.0. The van der Waals surface area contributed by atoms with Crippen molar-refractivity contribution in [2.24, 2.45) is 17.6 Å². The fourth-order valence-corrected chi connectivity index (χ4v) is 2.64. The van der Waals surface area contributed by atoms with Crippen molar-refractivity contribution in [1.82, 2.24) is 10.1 Å². The zero-order valence-electron chi connectivity index (χ0n) is 12.0. The normalized spacial score (nSPS) is 21.2. The molecule has 5 heteroatoms. The van der Waals surface area contributed by atoms with E-state index in [-0.39, 0.29) is 6.10 Å². The van der Waals surface area contributed by atoms with Crippen molar-refractivity contribution in [3.05, 3.63) is 11.7 Å². The molecule has 1 aromatic heterocycles. The van der Waals surface area contributed by atoms with Crippen LogP contribution in [0.4, 0.5) is 0 Å². The maximum atomic E-state index is 5.80. The highest BCUT2D eigenvalue weighted by atomic mass is 16.5. The fourth-order valence-electron chi connectivity index (χ4n) is 2.64. The first kappa shape index (κ1) is 14.5. The third-order valence-electron chi connectivity index (χ3n) is 3.55. The van der Waals surface area contributed by atoms with Gasteiger partial charge in [-0.15, -0.1) is 0 Å². The first-order valence-corrected chi connectivity index (χ1v) is 7.30. The molecule has 1 saturated heterocycles. The molecule has 19 heavy (non-hydrogen) atoms. The van der Waals surface area contributed by atoms with E-state index in [2.05, 4.69) is 24.0 Å². The van der Waals surface area contributed by atoms with Crippen LogP contribution in [-0.4, -0.2) is 29.4 Å². The number of hydrogen-bond donors (Lipinski definition) is 1. The number of hydrogen-bond acceptors (Lipinski definition) is 5. The van der Waals surface area contributed by atoms with Crippen LogP contribution in [0, 0.1) is 11.8 Å². The van der Waals surface area contributed by atoms with Gasteiger partial charge < -0.3 is 15.0 Å². The molecule has 2 rings (SSSR count). The average molecular weight is 267 g/mol. The Labute approximate surface area is 114 Å². The lowest BCUT2D eigenvalue weighted by molar-refractivity contribution is 0.109. The van der Waals surface area contributed by atoms with Crippen LogP contribution in [-0.2, 0) is 17.6 Å². The second kappa shape index (κ2) is 7.01.